The molecule has 0 unspecified atom stereocenters. The first-order valence-electron chi connectivity index (χ1n) is 9.97. The zero-order valence-electron chi connectivity index (χ0n) is 16.4. The number of likely N-dealkylation sites (tertiary alicyclic amines) is 1. The Bertz CT molecular complexity index is 740. The number of hydrogen-bond acceptors (Lipinski definition) is 4. The number of sulfonamides is 1. The number of carbonyl (C=O) groups is 1. The molecule has 2 aliphatic heterocycles. The zero-order chi connectivity index (χ0) is 19.4. The second kappa shape index (κ2) is 8.71. The van der Waals surface area contributed by atoms with Crippen molar-refractivity contribution in [3.63, 3.8) is 0 Å². The highest BCUT2D eigenvalue weighted by Gasteiger charge is 2.28. The van der Waals surface area contributed by atoms with E-state index >= 15 is 0 Å². The van der Waals surface area contributed by atoms with Crippen LogP contribution in [0.3, 0.4) is 0 Å². The third-order valence-electron chi connectivity index (χ3n) is 5.64. The van der Waals surface area contributed by atoms with Crippen molar-refractivity contribution in [3.05, 3.63) is 24.3 Å². The Morgan fingerprint density at radius 1 is 1.04 bits per heavy atom. The van der Waals surface area contributed by atoms with E-state index < -0.39 is 10.0 Å². The average molecular weight is 394 g/mol. The smallest absolute Gasteiger partial charge is 0.243 e. The van der Waals surface area contributed by atoms with Crippen LogP contribution in [0.2, 0.25) is 0 Å². The molecule has 0 bridgehead atoms. The Morgan fingerprint density at radius 2 is 1.70 bits per heavy atom. The fourth-order valence-corrected chi connectivity index (χ4v) is 5.45. The van der Waals surface area contributed by atoms with Gasteiger partial charge in [0.05, 0.1) is 11.4 Å². The van der Waals surface area contributed by atoms with Crippen LogP contribution in [0, 0.1) is 11.8 Å². The predicted octanol–water partition coefficient (Wildman–Crippen LogP) is 2.78. The van der Waals surface area contributed by atoms with Crippen LogP contribution in [0.25, 0.3) is 0 Å². The van der Waals surface area contributed by atoms with Gasteiger partial charge in [-0.1, -0.05) is 13.8 Å². The Balaban J connectivity index is 1.57. The summed E-state index contributed by atoms with van der Waals surface area (Å²) in [7, 11) is -3.46. The number of piperidine rings is 2. The molecule has 3 rings (SSSR count). The topological polar surface area (TPSA) is 69.7 Å². The fraction of sp³-hybridized carbons (Fsp3) is 0.650. The SMILES string of the molecule is CC1CCN(CC(=O)Nc2ccc(S(=O)(=O)N3CCC[C@@H](C)C3)cc2)CC1. The van der Waals surface area contributed by atoms with E-state index in [4.69, 9.17) is 0 Å². The van der Waals surface area contributed by atoms with Gasteiger partial charge in [-0.15, -0.1) is 0 Å². The van der Waals surface area contributed by atoms with Crippen molar-refractivity contribution < 1.29 is 13.2 Å². The first kappa shape index (κ1) is 20.3. The van der Waals surface area contributed by atoms with Gasteiger partial charge in [-0.25, -0.2) is 8.42 Å². The molecule has 0 spiro atoms. The highest BCUT2D eigenvalue weighted by molar-refractivity contribution is 7.89. The number of hydrogen-bond donors (Lipinski definition) is 1. The van der Waals surface area contributed by atoms with Gasteiger partial charge in [0.1, 0.15) is 0 Å². The Kier molecular flexibility index (Phi) is 6.55. The molecule has 0 aliphatic carbocycles. The van der Waals surface area contributed by atoms with Crippen molar-refractivity contribution in [2.45, 2.75) is 44.4 Å². The third-order valence-corrected chi connectivity index (χ3v) is 7.52. The van der Waals surface area contributed by atoms with Crippen LogP contribution >= 0.6 is 0 Å². The molecule has 150 valence electrons. The van der Waals surface area contributed by atoms with E-state index in [2.05, 4.69) is 24.1 Å². The monoisotopic (exact) mass is 393 g/mol. The standard InChI is InChI=1S/C20H31N3O3S/c1-16-9-12-22(13-10-16)15-20(24)21-18-5-7-19(8-6-18)27(25,26)23-11-3-4-17(2)14-23/h5-8,16-17H,3-4,9-15H2,1-2H3,(H,21,24)/t17-/m1/s1. The van der Waals surface area contributed by atoms with Crippen LogP contribution < -0.4 is 5.32 Å². The highest BCUT2D eigenvalue weighted by Crippen LogP contribution is 2.24. The maximum absolute atomic E-state index is 12.8. The number of nitrogens with zero attached hydrogens (tertiary/aromatic N) is 2. The van der Waals surface area contributed by atoms with Crippen molar-refractivity contribution in [1.82, 2.24) is 9.21 Å². The fourth-order valence-electron chi connectivity index (χ4n) is 3.85. The summed E-state index contributed by atoms with van der Waals surface area (Å²) in [6, 6.07) is 6.53. The molecule has 2 fully saturated rings. The molecule has 2 aliphatic rings. The van der Waals surface area contributed by atoms with E-state index in [1.165, 1.54) is 0 Å². The number of carbonyl (C=O) groups excluding carboxylic acids is 1. The zero-order valence-corrected chi connectivity index (χ0v) is 17.2. The van der Waals surface area contributed by atoms with Crippen LogP contribution in [-0.2, 0) is 14.8 Å². The van der Waals surface area contributed by atoms with Gasteiger partial charge in [-0.3, -0.25) is 9.69 Å². The van der Waals surface area contributed by atoms with E-state index in [-0.39, 0.29) is 5.91 Å². The van der Waals surface area contributed by atoms with Gasteiger partial charge in [-0.05, 0) is 74.9 Å². The second-order valence-electron chi connectivity index (χ2n) is 8.14. The molecule has 0 aromatic heterocycles. The lowest BCUT2D eigenvalue weighted by Gasteiger charge is -2.30. The quantitative estimate of drug-likeness (QED) is 0.835. The van der Waals surface area contributed by atoms with E-state index in [1.807, 2.05) is 0 Å². The summed E-state index contributed by atoms with van der Waals surface area (Å²) in [5.41, 5.74) is 0.635. The van der Waals surface area contributed by atoms with Crippen molar-refractivity contribution in [2.75, 3.05) is 38.0 Å². The van der Waals surface area contributed by atoms with E-state index in [9.17, 15) is 13.2 Å². The van der Waals surface area contributed by atoms with Crippen LogP contribution in [0.4, 0.5) is 5.69 Å². The maximum atomic E-state index is 12.8. The summed E-state index contributed by atoms with van der Waals surface area (Å²) in [6.45, 7) is 7.80. The van der Waals surface area contributed by atoms with Crippen LogP contribution in [0.5, 0.6) is 0 Å². The van der Waals surface area contributed by atoms with E-state index in [1.54, 1.807) is 28.6 Å². The lowest BCUT2D eigenvalue weighted by molar-refractivity contribution is -0.117. The van der Waals surface area contributed by atoms with Gasteiger partial charge in [0.15, 0.2) is 0 Å². The molecular weight excluding hydrogens is 362 g/mol. The van der Waals surface area contributed by atoms with Gasteiger partial charge in [-0.2, -0.15) is 4.31 Å². The van der Waals surface area contributed by atoms with Crippen molar-refractivity contribution >= 4 is 21.6 Å². The Morgan fingerprint density at radius 3 is 2.33 bits per heavy atom. The minimum atomic E-state index is -3.46. The Hall–Kier alpha value is -1.44. The number of nitrogens with one attached hydrogen (secondary N) is 1. The van der Waals surface area contributed by atoms with Gasteiger partial charge < -0.3 is 5.32 Å². The molecule has 0 saturated carbocycles. The van der Waals surface area contributed by atoms with E-state index in [0.717, 1.165) is 44.7 Å². The van der Waals surface area contributed by atoms with Crippen LogP contribution in [-0.4, -0.2) is 56.3 Å². The summed E-state index contributed by atoms with van der Waals surface area (Å²) < 4.78 is 27.2. The number of amides is 1. The normalized spacial score (nSPS) is 23.3. The van der Waals surface area contributed by atoms with Crippen LogP contribution in [0.15, 0.2) is 29.2 Å². The maximum Gasteiger partial charge on any atom is 0.243 e. The molecule has 1 aromatic carbocycles. The third kappa shape index (κ3) is 5.30. The minimum Gasteiger partial charge on any atom is -0.325 e. The van der Waals surface area contributed by atoms with Crippen LogP contribution in [0.1, 0.15) is 39.5 Å². The lowest BCUT2D eigenvalue weighted by atomic mass is 9.99. The summed E-state index contributed by atoms with van der Waals surface area (Å²) in [5.74, 6) is 1.08. The molecule has 1 atom stereocenters. The first-order chi connectivity index (χ1) is 12.8. The molecule has 7 heteroatoms. The van der Waals surface area contributed by atoms with Gasteiger partial charge in [0, 0.05) is 18.8 Å². The molecule has 1 aromatic rings. The van der Waals surface area contributed by atoms with Crippen molar-refractivity contribution in [3.8, 4) is 0 Å². The Labute approximate surface area is 163 Å². The lowest BCUT2D eigenvalue weighted by Crippen LogP contribution is -2.39. The molecule has 6 nitrogen and oxygen atoms in total. The molecule has 0 radical (unpaired) electrons. The summed E-state index contributed by atoms with van der Waals surface area (Å²) >= 11 is 0. The average Bonchev–Trinajstić information content (AvgIpc) is 2.64. The summed E-state index contributed by atoms with van der Waals surface area (Å²) in [6.07, 6.45) is 4.25. The first-order valence-corrected chi connectivity index (χ1v) is 11.4. The predicted molar refractivity (Wildman–Crippen MR) is 107 cm³/mol. The molecule has 27 heavy (non-hydrogen) atoms. The molecule has 1 N–H and O–H groups in total. The largest absolute Gasteiger partial charge is 0.325 e. The summed E-state index contributed by atoms with van der Waals surface area (Å²) in [4.78, 5) is 14.7. The van der Waals surface area contributed by atoms with Crippen molar-refractivity contribution in [1.29, 1.82) is 0 Å². The van der Waals surface area contributed by atoms with Gasteiger partial charge in [0.2, 0.25) is 15.9 Å². The van der Waals surface area contributed by atoms with Gasteiger partial charge >= 0.3 is 0 Å². The van der Waals surface area contributed by atoms with E-state index in [0.29, 0.717) is 36.1 Å². The number of anilines is 1. The molecular formula is C20H31N3O3S. The van der Waals surface area contributed by atoms with Crippen molar-refractivity contribution in [2.24, 2.45) is 11.8 Å². The molecule has 1 amide bonds. The van der Waals surface area contributed by atoms with Gasteiger partial charge in [0.25, 0.3) is 0 Å². The molecule has 2 heterocycles. The second-order valence-corrected chi connectivity index (χ2v) is 10.1. The summed E-state index contributed by atoms with van der Waals surface area (Å²) in [5, 5.41) is 2.88. The number of rotatable bonds is 5. The number of benzene rings is 1. The minimum absolute atomic E-state index is 0.0509. The highest BCUT2D eigenvalue weighted by atomic mass is 32.2. The molecule has 2 saturated heterocycles.